The fourth-order valence-corrected chi connectivity index (χ4v) is 1.88. The lowest BCUT2D eigenvalue weighted by molar-refractivity contribution is 0.113. The number of hydrogen-bond acceptors (Lipinski definition) is 3. The molecule has 3 nitrogen and oxygen atoms in total. The molecule has 0 saturated heterocycles. The second-order valence-electron chi connectivity index (χ2n) is 4.63. The number of likely N-dealkylation sites (N-methyl/N-ethyl adjacent to an activating group) is 1. The van der Waals surface area contributed by atoms with Gasteiger partial charge in [-0.05, 0) is 36.4 Å². The summed E-state index contributed by atoms with van der Waals surface area (Å²) < 4.78 is 18.3. The predicted octanol–water partition coefficient (Wildman–Crippen LogP) is 2.70. The van der Waals surface area contributed by atoms with Gasteiger partial charge in [0.15, 0.2) is 0 Å². The monoisotopic (exact) mass is 275 g/mol. The first kappa shape index (κ1) is 14.3. The minimum Gasteiger partial charge on any atom is -0.491 e. The second kappa shape index (κ2) is 6.91. The summed E-state index contributed by atoms with van der Waals surface area (Å²) in [5.41, 5.74) is 0.852. The molecule has 2 rings (SSSR count). The molecule has 20 heavy (non-hydrogen) atoms. The third kappa shape index (κ3) is 4.24. The average molecular weight is 275 g/mol. The molecule has 0 aliphatic carbocycles. The Bertz CT molecular complexity index is 516. The Kier molecular flexibility index (Phi) is 4.96. The molecule has 0 fully saturated rings. The molecule has 0 bridgehead atoms. The molecule has 0 radical (unpaired) electrons. The van der Waals surface area contributed by atoms with Crippen LogP contribution in [0.2, 0.25) is 0 Å². The molecule has 0 aliphatic heterocycles. The Hall–Kier alpha value is -2.07. The zero-order valence-corrected chi connectivity index (χ0v) is 11.4. The lowest BCUT2D eigenvalue weighted by Crippen LogP contribution is -2.33. The van der Waals surface area contributed by atoms with Gasteiger partial charge < -0.3 is 14.7 Å². The molecule has 4 heteroatoms. The molecule has 0 aromatic heterocycles. The Balaban J connectivity index is 1.82. The summed E-state index contributed by atoms with van der Waals surface area (Å²) in [5.74, 6) is 0.464. The van der Waals surface area contributed by atoms with Crippen molar-refractivity contribution in [1.29, 1.82) is 0 Å². The van der Waals surface area contributed by atoms with Crippen LogP contribution < -0.4 is 9.64 Å². The summed E-state index contributed by atoms with van der Waals surface area (Å²) >= 11 is 0. The lowest BCUT2D eigenvalue weighted by atomic mass is 10.2. The van der Waals surface area contributed by atoms with E-state index in [0.717, 1.165) is 11.4 Å². The maximum absolute atomic E-state index is 12.8. The van der Waals surface area contributed by atoms with E-state index in [1.807, 2.05) is 42.3 Å². The fraction of sp³-hybridized carbons (Fsp3) is 0.250. The van der Waals surface area contributed by atoms with Crippen molar-refractivity contribution >= 4 is 5.69 Å². The topological polar surface area (TPSA) is 32.7 Å². The van der Waals surface area contributed by atoms with E-state index in [2.05, 4.69) is 0 Å². The summed E-state index contributed by atoms with van der Waals surface area (Å²) in [6.45, 7) is 0.633. The fourth-order valence-electron chi connectivity index (χ4n) is 1.88. The molecule has 2 aromatic carbocycles. The average Bonchev–Trinajstić information content (AvgIpc) is 2.47. The van der Waals surface area contributed by atoms with Gasteiger partial charge >= 0.3 is 0 Å². The number of hydrogen-bond donors (Lipinski definition) is 1. The van der Waals surface area contributed by atoms with Crippen LogP contribution in [0.5, 0.6) is 5.75 Å². The molecule has 106 valence electrons. The summed E-state index contributed by atoms with van der Waals surface area (Å²) in [6, 6.07) is 15.5. The van der Waals surface area contributed by atoms with Gasteiger partial charge in [0, 0.05) is 19.3 Å². The number of rotatable bonds is 6. The normalized spacial score (nSPS) is 11.9. The zero-order chi connectivity index (χ0) is 14.4. The van der Waals surface area contributed by atoms with E-state index in [-0.39, 0.29) is 12.4 Å². The highest BCUT2D eigenvalue weighted by Gasteiger charge is 2.10. The quantitative estimate of drug-likeness (QED) is 0.880. The molecule has 1 atom stereocenters. The SMILES string of the molecule is CN(C[C@@H](O)COc1ccccc1)c1ccc(F)cc1. The summed E-state index contributed by atoms with van der Waals surface area (Å²) in [5, 5.41) is 9.96. The maximum Gasteiger partial charge on any atom is 0.123 e. The van der Waals surface area contributed by atoms with Crippen molar-refractivity contribution in [3.8, 4) is 5.75 Å². The van der Waals surface area contributed by atoms with Crippen molar-refractivity contribution in [1.82, 2.24) is 0 Å². The summed E-state index contributed by atoms with van der Waals surface area (Å²) in [7, 11) is 1.85. The highest BCUT2D eigenvalue weighted by atomic mass is 19.1. The first-order valence-corrected chi connectivity index (χ1v) is 6.48. The number of para-hydroxylation sites is 1. The Morgan fingerprint density at radius 3 is 2.40 bits per heavy atom. The first-order chi connectivity index (χ1) is 9.65. The van der Waals surface area contributed by atoms with Crippen LogP contribution in [0.3, 0.4) is 0 Å². The molecule has 0 spiro atoms. The van der Waals surface area contributed by atoms with E-state index >= 15 is 0 Å². The van der Waals surface area contributed by atoms with Crippen LogP contribution in [0.1, 0.15) is 0 Å². The Morgan fingerprint density at radius 1 is 1.10 bits per heavy atom. The molecule has 0 aliphatic rings. The minimum atomic E-state index is -0.620. The highest BCUT2D eigenvalue weighted by molar-refractivity contribution is 5.45. The van der Waals surface area contributed by atoms with E-state index in [9.17, 15) is 9.50 Å². The van der Waals surface area contributed by atoms with Crippen LogP contribution in [0.15, 0.2) is 54.6 Å². The van der Waals surface area contributed by atoms with Gasteiger partial charge in [-0.1, -0.05) is 18.2 Å². The van der Waals surface area contributed by atoms with Crippen LogP contribution in [0.4, 0.5) is 10.1 Å². The molecular formula is C16H18FNO2. The standard InChI is InChI=1S/C16H18FNO2/c1-18(14-9-7-13(17)8-10-14)11-15(19)12-20-16-5-3-2-4-6-16/h2-10,15,19H,11-12H2,1H3/t15-/m1/s1. The second-order valence-corrected chi connectivity index (χ2v) is 4.63. The van der Waals surface area contributed by atoms with Crippen LogP contribution >= 0.6 is 0 Å². The molecular weight excluding hydrogens is 257 g/mol. The van der Waals surface area contributed by atoms with Gasteiger partial charge in [0.1, 0.15) is 24.3 Å². The minimum absolute atomic E-state index is 0.218. The number of ether oxygens (including phenoxy) is 1. The largest absolute Gasteiger partial charge is 0.491 e. The van der Waals surface area contributed by atoms with Gasteiger partial charge in [-0.25, -0.2) is 4.39 Å². The summed E-state index contributed by atoms with van der Waals surface area (Å²) in [4.78, 5) is 1.86. The van der Waals surface area contributed by atoms with Crippen LogP contribution in [0.25, 0.3) is 0 Å². The van der Waals surface area contributed by atoms with Gasteiger partial charge in [0.05, 0.1) is 0 Å². The number of nitrogens with zero attached hydrogens (tertiary/aromatic N) is 1. The highest BCUT2D eigenvalue weighted by Crippen LogP contribution is 2.14. The van der Waals surface area contributed by atoms with E-state index < -0.39 is 6.10 Å². The number of halogens is 1. The van der Waals surface area contributed by atoms with Crippen LogP contribution in [0, 0.1) is 5.82 Å². The smallest absolute Gasteiger partial charge is 0.123 e. The zero-order valence-electron chi connectivity index (χ0n) is 11.4. The molecule has 0 unspecified atom stereocenters. The number of benzene rings is 2. The lowest BCUT2D eigenvalue weighted by Gasteiger charge is -2.22. The molecule has 2 aromatic rings. The van der Waals surface area contributed by atoms with Gasteiger partial charge in [-0.2, -0.15) is 0 Å². The van der Waals surface area contributed by atoms with Crippen LogP contribution in [-0.4, -0.2) is 31.4 Å². The maximum atomic E-state index is 12.8. The first-order valence-electron chi connectivity index (χ1n) is 6.48. The van der Waals surface area contributed by atoms with Crippen molar-refractivity contribution in [2.24, 2.45) is 0 Å². The van der Waals surface area contributed by atoms with Gasteiger partial charge in [0.25, 0.3) is 0 Å². The molecule has 0 heterocycles. The third-order valence-corrected chi connectivity index (χ3v) is 2.94. The van der Waals surface area contributed by atoms with Crippen molar-refractivity contribution in [3.63, 3.8) is 0 Å². The van der Waals surface area contributed by atoms with Crippen molar-refractivity contribution in [2.45, 2.75) is 6.10 Å². The van der Waals surface area contributed by atoms with E-state index in [1.54, 1.807) is 12.1 Å². The van der Waals surface area contributed by atoms with Gasteiger partial charge in [0.2, 0.25) is 0 Å². The van der Waals surface area contributed by atoms with E-state index in [0.29, 0.717) is 6.54 Å². The van der Waals surface area contributed by atoms with E-state index in [1.165, 1.54) is 12.1 Å². The number of aliphatic hydroxyl groups is 1. The summed E-state index contributed by atoms with van der Waals surface area (Å²) in [6.07, 6.45) is -0.620. The molecule has 1 N–H and O–H groups in total. The predicted molar refractivity (Wildman–Crippen MR) is 77.6 cm³/mol. The number of anilines is 1. The van der Waals surface area contributed by atoms with E-state index in [4.69, 9.17) is 4.74 Å². The third-order valence-electron chi connectivity index (χ3n) is 2.94. The van der Waals surface area contributed by atoms with Gasteiger partial charge in [-0.15, -0.1) is 0 Å². The van der Waals surface area contributed by atoms with Crippen molar-refractivity contribution < 1.29 is 14.2 Å². The van der Waals surface area contributed by atoms with Crippen molar-refractivity contribution in [2.75, 3.05) is 25.1 Å². The molecule has 0 saturated carbocycles. The molecule has 0 amide bonds. The Morgan fingerprint density at radius 2 is 1.75 bits per heavy atom. The van der Waals surface area contributed by atoms with Gasteiger partial charge in [-0.3, -0.25) is 0 Å². The Labute approximate surface area is 118 Å². The number of aliphatic hydroxyl groups excluding tert-OH is 1. The van der Waals surface area contributed by atoms with Crippen LogP contribution in [-0.2, 0) is 0 Å². The van der Waals surface area contributed by atoms with Crippen molar-refractivity contribution in [3.05, 3.63) is 60.4 Å².